The van der Waals surface area contributed by atoms with Crippen molar-refractivity contribution in [3.63, 3.8) is 0 Å². The summed E-state index contributed by atoms with van der Waals surface area (Å²) in [4.78, 5) is 24.7. The van der Waals surface area contributed by atoms with Gasteiger partial charge in [0, 0.05) is 0 Å². The quantitative estimate of drug-likeness (QED) is 0.668. The van der Waals surface area contributed by atoms with Crippen LogP contribution in [0.25, 0.3) is 0 Å². The van der Waals surface area contributed by atoms with E-state index in [1.54, 1.807) is 27.7 Å². The van der Waals surface area contributed by atoms with Crippen LogP contribution in [0.3, 0.4) is 0 Å². The fraction of sp³-hybridized carbons (Fsp3) is 0.647. The number of rotatable bonds is 7. The second kappa shape index (κ2) is 6.82. The van der Waals surface area contributed by atoms with Crippen LogP contribution in [-0.2, 0) is 19.6 Å². The molecular weight excluding hydrogens is 344 g/mol. The van der Waals surface area contributed by atoms with Crippen LogP contribution < -0.4 is 10.0 Å². The van der Waals surface area contributed by atoms with Gasteiger partial charge >= 0.3 is 6.09 Å². The highest BCUT2D eigenvalue weighted by molar-refractivity contribution is 7.92. The van der Waals surface area contributed by atoms with Crippen LogP contribution in [0.15, 0.2) is 24.8 Å². The van der Waals surface area contributed by atoms with Gasteiger partial charge in [0.1, 0.15) is 15.9 Å². The van der Waals surface area contributed by atoms with E-state index in [2.05, 4.69) is 23.2 Å². The number of ether oxygens (including phenoxy) is 1. The van der Waals surface area contributed by atoms with Crippen molar-refractivity contribution in [3.05, 3.63) is 24.8 Å². The third-order valence-electron chi connectivity index (χ3n) is 4.05. The maximum Gasteiger partial charge on any atom is 0.408 e. The molecule has 8 heteroatoms. The molecule has 0 heterocycles. The molecule has 0 spiro atoms. The highest BCUT2D eigenvalue weighted by Gasteiger charge is 2.56. The first-order chi connectivity index (χ1) is 11.2. The van der Waals surface area contributed by atoms with Gasteiger partial charge in [0.15, 0.2) is 0 Å². The zero-order valence-corrected chi connectivity index (χ0v) is 16.4. The predicted octanol–water partition coefficient (Wildman–Crippen LogP) is 2.40. The Labute approximate surface area is 149 Å². The molecule has 1 atom stereocenters. The predicted molar refractivity (Wildman–Crippen MR) is 96.4 cm³/mol. The molecule has 0 aromatic heterocycles. The van der Waals surface area contributed by atoms with Gasteiger partial charge in [0.2, 0.25) is 10.0 Å². The van der Waals surface area contributed by atoms with Gasteiger partial charge < -0.3 is 10.1 Å². The molecule has 1 saturated carbocycles. The number of carbonyl (C=O) groups excluding carboxylic acids is 2. The van der Waals surface area contributed by atoms with Gasteiger partial charge in [-0.1, -0.05) is 18.2 Å². The molecule has 0 unspecified atom stereocenters. The molecule has 25 heavy (non-hydrogen) atoms. The van der Waals surface area contributed by atoms with Crippen molar-refractivity contribution < 1.29 is 22.7 Å². The number of hydrogen-bond donors (Lipinski definition) is 2. The van der Waals surface area contributed by atoms with Gasteiger partial charge in [0.05, 0.1) is 0 Å². The lowest BCUT2D eigenvalue weighted by Gasteiger charge is -2.30. The molecule has 1 fully saturated rings. The van der Waals surface area contributed by atoms with E-state index in [1.165, 1.54) is 13.0 Å². The summed E-state index contributed by atoms with van der Waals surface area (Å²) < 4.78 is 31.3. The zero-order valence-electron chi connectivity index (χ0n) is 15.6. The Morgan fingerprint density at radius 2 is 1.76 bits per heavy atom. The molecule has 2 amide bonds. The van der Waals surface area contributed by atoms with Crippen molar-refractivity contribution in [2.24, 2.45) is 0 Å². The Balaban J connectivity index is 2.98. The highest BCUT2D eigenvalue weighted by Crippen LogP contribution is 2.48. The molecule has 0 saturated heterocycles. The average molecular weight is 372 g/mol. The van der Waals surface area contributed by atoms with Crippen molar-refractivity contribution in [1.82, 2.24) is 10.0 Å². The first-order valence-corrected chi connectivity index (χ1v) is 9.52. The summed E-state index contributed by atoms with van der Waals surface area (Å²) in [5.74, 6) is -0.842. The van der Waals surface area contributed by atoms with Gasteiger partial charge in [-0.3, -0.25) is 9.52 Å². The highest BCUT2D eigenvalue weighted by atomic mass is 32.2. The summed E-state index contributed by atoms with van der Waals surface area (Å²) >= 11 is 0. The Bertz CT molecular complexity index is 686. The third-order valence-corrected chi connectivity index (χ3v) is 6.29. The van der Waals surface area contributed by atoms with Crippen molar-refractivity contribution in [1.29, 1.82) is 0 Å². The summed E-state index contributed by atoms with van der Waals surface area (Å²) in [5, 5.41) is 2.44. The van der Waals surface area contributed by atoms with Crippen LogP contribution in [0.4, 0.5) is 4.79 Å². The molecule has 0 aliphatic heterocycles. The first kappa shape index (κ1) is 21.2. The lowest BCUT2D eigenvalue weighted by atomic mass is 9.97. The summed E-state index contributed by atoms with van der Waals surface area (Å²) in [5.41, 5.74) is -1.78. The van der Waals surface area contributed by atoms with E-state index in [0.29, 0.717) is 18.4 Å². The largest absolute Gasteiger partial charge is 0.444 e. The molecule has 142 valence electrons. The maximum atomic E-state index is 12.6. The van der Waals surface area contributed by atoms with E-state index < -0.39 is 37.9 Å². The molecule has 1 rings (SSSR count). The van der Waals surface area contributed by atoms with E-state index in [-0.39, 0.29) is 6.42 Å². The van der Waals surface area contributed by atoms with E-state index >= 15 is 0 Å². The van der Waals surface area contributed by atoms with E-state index in [9.17, 15) is 18.0 Å². The Hall–Kier alpha value is -1.83. The summed E-state index contributed by atoms with van der Waals surface area (Å²) in [6.07, 6.45) is 1.49. The van der Waals surface area contributed by atoms with Gasteiger partial charge in [-0.15, -0.1) is 6.58 Å². The normalized spacial score (nSPS) is 18.4. The van der Waals surface area contributed by atoms with Crippen molar-refractivity contribution >= 4 is 22.0 Å². The van der Waals surface area contributed by atoms with Gasteiger partial charge in [-0.2, -0.15) is 0 Å². The number of alkyl carbamates (subject to hydrolysis) is 1. The molecule has 0 aromatic rings. The van der Waals surface area contributed by atoms with Gasteiger partial charge in [0.25, 0.3) is 5.91 Å². The maximum absolute atomic E-state index is 12.6. The van der Waals surface area contributed by atoms with Crippen LogP contribution in [0, 0.1) is 0 Å². The van der Waals surface area contributed by atoms with Crippen molar-refractivity contribution in [2.75, 3.05) is 0 Å². The van der Waals surface area contributed by atoms with Crippen LogP contribution in [0.5, 0.6) is 0 Å². The van der Waals surface area contributed by atoms with Crippen LogP contribution >= 0.6 is 0 Å². The van der Waals surface area contributed by atoms with Crippen molar-refractivity contribution in [2.45, 2.75) is 69.8 Å². The minimum absolute atomic E-state index is 0.0354. The van der Waals surface area contributed by atoms with Gasteiger partial charge in [-0.05, 0) is 53.9 Å². The van der Waals surface area contributed by atoms with Crippen LogP contribution in [0.2, 0.25) is 0 Å². The topological polar surface area (TPSA) is 102 Å². The lowest BCUT2D eigenvalue weighted by molar-refractivity contribution is -0.125. The third kappa shape index (κ3) is 4.84. The molecule has 0 radical (unpaired) electrons. The Kier molecular flexibility index (Phi) is 5.79. The molecule has 2 N–H and O–H groups in total. The van der Waals surface area contributed by atoms with Crippen LogP contribution in [-0.4, -0.2) is 36.3 Å². The molecule has 1 aliphatic carbocycles. The van der Waals surface area contributed by atoms with E-state index in [0.717, 1.165) is 0 Å². The second-order valence-corrected chi connectivity index (χ2v) is 9.65. The molecular formula is C17H28N2O5S. The standard InChI is InChI=1S/C17H28N2O5S/c1-8-9-16(7,18-14(21)24-15(4,5)6)13(20)19-25(22,23)17(10-11-17)12(2)3/h8H,1-2,9-11H2,3-7H3,(H,18,21)(H,19,20)/t16-/m1/s1. The number of amides is 2. The second-order valence-electron chi connectivity index (χ2n) is 7.66. The number of hydrogen-bond acceptors (Lipinski definition) is 5. The van der Waals surface area contributed by atoms with Crippen LogP contribution in [0.1, 0.15) is 53.9 Å². The van der Waals surface area contributed by atoms with Crippen molar-refractivity contribution in [3.8, 4) is 0 Å². The summed E-state index contributed by atoms with van der Waals surface area (Å²) in [6.45, 7) is 15.4. The van der Waals surface area contributed by atoms with Gasteiger partial charge in [-0.25, -0.2) is 13.2 Å². The SMILES string of the molecule is C=CC[C@@](C)(NC(=O)OC(C)(C)C)C(=O)NS(=O)(=O)C1(C(=C)C)CC1. The molecule has 0 bridgehead atoms. The molecule has 1 aliphatic rings. The first-order valence-electron chi connectivity index (χ1n) is 8.04. The molecule has 0 aromatic carbocycles. The number of sulfonamides is 1. The van der Waals surface area contributed by atoms with E-state index in [4.69, 9.17) is 4.74 Å². The number of carbonyl (C=O) groups is 2. The fourth-order valence-electron chi connectivity index (χ4n) is 2.39. The summed E-state index contributed by atoms with van der Waals surface area (Å²) in [6, 6.07) is 0. The Morgan fingerprint density at radius 3 is 2.12 bits per heavy atom. The molecule has 7 nitrogen and oxygen atoms in total. The summed E-state index contributed by atoms with van der Waals surface area (Å²) in [7, 11) is -3.95. The Morgan fingerprint density at radius 1 is 1.24 bits per heavy atom. The zero-order chi connectivity index (χ0) is 19.7. The minimum atomic E-state index is -3.95. The lowest BCUT2D eigenvalue weighted by Crippen LogP contribution is -2.59. The minimum Gasteiger partial charge on any atom is -0.444 e. The fourth-order valence-corrected chi connectivity index (χ4v) is 4.15. The monoisotopic (exact) mass is 372 g/mol. The van der Waals surface area contributed by atoms with E-state index in [1.807, 2.05) is 0 Å². The average Bonchev–Trinajstić information content (AvgIpc) is 3.16. The number of nitrogens with one attached hydrogen (secondary N) is 2. The smallest absolute Gasteiger partial charge is 0.408 e.